The Morgan fingerprint density at radius 1 is 1.53 bits per heavy atom. The van der Waals surface area contributed by atoms with Gasteiger partial charge in [-0.1, -0.05) is 5.16 Å². The van der Waals surface area contributed by atoms with E-state index in [0.717, 1.165) is 0 Å². The van der Waals surface area contributed by atoms with E-state index in [2.05, 4.69) is 24.7 Å². The SMILES string of the molecule is CCOC(=O)C(=O)NCc1noc(C)n1. The van der Waals surface area contributed by atoms with Gasteiger partial charge in [-0.05, 0) is 6.92 Å². The van der Waals surface area contributed by atoms with Crippen molar-refractivity contribution in [1.82, 2.24) is 15.5 Å². The fourth-order valence-electron chi connectivity index (χ4n) is 0.841. The van der Waals surface area contributed by atoms with Gasteiger partial charge in [0.1, 0.15) is 0 Å². The second-order valence-corrected chi connectivity index (χ2v) is 2.63. The summed E-state index contributed by atoms with van der Waals surface area (Å²) in [7, 11) is 0. The molecule has 15 heavy (non-hydrogen) atoms. The first-order chi connectivity index (χ1) is 7.13. The van der Waals surface area contributed by atoms with Crippen LogP contribution in [0.3, 0.4) is 0 Å². The van der Waals surface area contributed by atoms with Crippen LogP contribution >= 0.6 is 0 Å². The molecule has 1 amide bonds. The lowest BCUT2D eigenvalue weighted by Crippen LogP contribution is -2.32. The fourth-order valence-corrected chi connectivity index (χ4v) is 0.841. The number of nitrogens with zero attached hydrogens (tertiary/aromatic N) is 2. The zero-order chi connectivity index (χ0) is 11.3. The van der Waals surface area contributed by atoms with E-state index in [1.54, 1.807) is 13.8 Å². The second-order valence-electron chi connectivity index (χ2n) is 2.63. The smallest absolute Gasteiger partial charge is 0.396 e. The summed E-state index contributed by atoms with van der Waals surface area (Å²) in [4.78, 5) is 25.8. The summed E-state index contributed by atoms with van der Waals surface area (Å²) in [6.07, 6.45) is 0. The highest BCUT2D eigenvalue weighted by molar-refractivity contribution is 6.32. The van der Waals surface area contributed by atoms with Crippen LogP contribution in [-0.4, -0.2) is 28.6 Å². The molecule has 0 aliphatic rings. The number of rotatable bonds is 3. The number of carbonyl (C=O) groups excluding carboxylic acids is 2. The molecule has 1 N–H and O–H groups in total. The number of esters is 1. The van der Waals surface area contributed by atoms with Crippen molar-refractivity contribution in [3.63, 3.8) is 0 Å². The topological polar surface area (TPSA) is 94.3 Å². The van der Waals surface area contributed by atoms with Gasteiger partial charge in [-0.15, -0.1) is 0 Å². The van der Waals surface area contributed by atoms with Gasteiger partial charge >= 0.3 is 11.9 Å². The van der Waals surface area contributed by atoms with Crippen molar-refractivity contribution >= 4 is 11.9 Å². The van der Waals surface area contributed by atoms with E-state index < -0.39 is 11.9 Å². The van der Waals surface area contributed by atoms with Crippen molar-refractivity contribution in [3.05, 3.63) is 11.7 Å². The lowest BCUT2D eigenvalue weighted by atomic mass is 10.5. The van der Waals surface area contributed by atoms with Crippen LogP contribution in [0.15, 0.2) is 4.52 Å². The predicted molar refractivity (Wildman–Crippen MR) is 47.5 cm³/mol. The minimum atomic E-state index is -0.919. The molecular weight excluding hydrogens is 202 g/mol. The molecule has 0 atom stereocenters. The highest BCUT2D eigenvalue weighted by Gasteiger charge is 2.14. The molecule has 1 aromatic rings. The van der Waals surface area contributed by atoms with E-state index in [4.69, 9.17) is 0 Å². The van der Waals surface area contributed by atoms with Crippen LogP contribution in [0.25, 0.3) is 0 Å². The summed E-state index contributed by atoms with van der Waals surface area (Å²) in [6.45, 7) is 3.44. The molecule has 0 fully saturated rings. The highest BCUT2D eigenvalue weighted by Crippen LogP contribution is 1.93. The monoisotopic (exact) mass is 213 g/mol. The Morgan fingerprint density at radius 3 is 2.80 bits per heavy atom. The predicted octanol–water partition coefficient (Wildman–Crippen LogP) is -0.443. The number of hydrogen-bond acceptors (Lipinski definition) is 6. The number of aryl methyl sites for hydroxylation is 1. The minimum Gasteiger partial charge on any atom is -0.459 e. The maximum absolute atomic E-state index is 11.0. The summed E-state index contributed by atoms with van der Waals surface area (Å²) in [6, 6.07) is 0. The largest absolute Gasteiger partial charge is 0.459 e. The molecule has 0 radical (unpaired) electrons. The second kappa shape index (κ2) is 5.08. The quantitative estimate of drug-likeness (QED) is 0.540. The van der Waals surface area contributed by atoms with Gasteiger partial charge in [0.05, 0.1) is 13.2 Å². The number of aromatic nitrogens is 2. The molecule has 1 aromatic heterocycles. The van der Waals surface area contributed by atoms with Gasteiger partial charge in [0, 0.05) is 6.92 Å². The minimum absolute atomic E-state index is 0.0367. The van der Waals surface area contributed by atoms with Crippen LogP contribution in [0, 0.1) is 6.92 Å². The zero-order valence-corrected chi connectivity index (χ0v) is 8.44. The Labute approximate surface area is 85.8 Å². The van der Waals surface area contributed by atoms with E-state index >= 15 is 0 Å². The van der Waals surface area contributed by atoms with Crippen molar-refractivity contribution in [2.24, 2.45) is 0 Å². The number of hydrogen-bond donors (Lipinski definition) is 1. The first kappa shape index (κ1) is 11.2. The van der Waals surface area contributed by atoms with Crippen molar-refractivity contribution in [3.8, 4) is 0 Å². The molecule has 7 heteroatoms. The summed E-state index contributed by atoms with van der Waals surface area (Å²) in [5.74, 6) is -1.03. The molecule has 82 valence electrons. The average Bonchev–Trinajstić information content (AvgIpc) is 2.61. The summed E-state index contributed by atoms with van der Waals surface area (Å²) in [5, 5.41) is 5.84. The number of carbonyl (C=O) groups is 2. The summed E-state index contributed by atoms with van der Waals surface area (Å²) >= 11 is 0. The Hall–Kier alpha value is -1.92. The molecular formula is C8H11N3O4. The molecule has 0 saturated carbocycles. The van der Waals surface area contributed by atoms with E-state index in [9.17, 15) is 9.59 Å². The van der Waals surface area contributed by atoms with E-state index in [1.165, 1.54) is 0 Å². The third kappa shape index (κ3) is 3.37. The summed E-state index contributed by atoms with van der Waals surface area (Å²) in [5.41, 5.74) is 0. The van der Waals surface area contributed by atoms with Crippen LogP contribution < -0.4 is 5.32 Å². The molecule has 7 nitrogen and oxygen atoms in total. The van der Waals surface area contributed by atoms with Crippen LogP contribution in [0.4, 0.5) is 0 Å². The van der Waals surface area contributed by atoms with Gasteiger partial charge in [0.2, 0.25) is 5.89 Å². The molecule has 0 spiro atoms. The normalized spacial score (nSPS) is 9.73. The Balaban J connectivity index is 2.37. The third-order valence-electron chi connectivity index (χ3n) is 1.44. The zero-order valence-electron chi connectivity index (χ0n) is 8.44. The van der Waals surface area contributed by atoms with Gasteiger partial charge in [0.25, 0.3) is 0 Å². The van der Waals surface area contributed by atoms with E-state index in [0.29, 0.717) is 11.7 Å². The van der Waals surface area contributed by atoms with Crippen molar-refractivity contribution < 1.29 is 18.8 Å². The van der Waals surface area contributed by atoms with Gasteiger partial charge in [-0.2, -0.15) is 4.98 Å². The average molecular weight is 213 g/mol. The first-order valence-electron chi connectivity index (χ1n) is 4.37. The molecule has 0 bridgehead atoms. The fraction of sp³-hybridized carbons (Fsp3) is 0.500. The van der Waals surface area contributed by atoms with Gasteiger partial charge in [-0.3, -0.25) is 4.79 Å². The molecule has 0 aromatic carbocycles. The van der Waals surface area contributed by atoms with Crippen LogP contribution in [0.1, 0.15) is 18.6 Å². The molecule has 1 rings (SSSR count). The standard InChI is InChI=1S/C8H11N3O4/c1-3-14-8(13)7(12)9-4-6-10-5(2)15-11-6/h3-4H2,1-2H3,(H,9,12). The first-order valence-corrected chi connectivity index (χ1v) is 4.37. The van der Waals surface area contributed by atoms with E-state index in [-0.39, 0.29) is 13.2 Å². The van der Waals surface area contributed by atoms with E-state index in [1.807, 2.05) is 0 Å². The molecule has 0 saturated heterocycles. The van der Waals surface area contributed by atoms with Gasteiger partial charge in [0.15, 0.2) is 5.82 Å². The molecule has 0 unspecified atom stereocenters. The lowest BCUT2D eigenvalue weighted by molar-refractivity contribution is -0.154. The maximum atomic E-state index is 11.0. The van der Waals surface area contributed by atoms with Crippen LogP contribution in [-0.2, 0) is 20.9 Å². The number of nitrogens with one attached hydrogen (secondary N) is 1. The number of ether oxygens (including phenoxy) is 1. The van der Waals surface area contributed by atoms with Crippen LogP contribution in [0.5, 0.6) is 0 Å². The molecule has 0 aliphatic heterocycles. The van der Waals surface area contributed by atoms with Gasteiger partial charge in [-0.25, -0.2) is 4.79 Å². The summed E-state index contributed by atoms with van der Waals surface area (Å²) < 4.78 is 9.16. The molecule has 1 heterocycles. The third-order valence-corrected chi connectivity index (χ3v) is 1.44. The molecule has 0 aliphatic carbocycles. The highest BCUT2D eigenvalue weighted by atomic mass is 16.5. The Bertz CT molecular complexity index is 361. The Morgan fingerprint density at radius 2 is 2.27 bits per heavy atom. The van der Waals surface area contributed by atoms with Crippen molar-refractivity contribution in [2.75, 3.05) is 6.61 Å². The van der Waals surface area contributed by atoms with Crippen LogP contribution in [0.2, 0.25) is 0 Å². The lowest BCUT2D eigenvalue weighted by Gasteiger charge is -2.00. The van der Waals surface area contributed by atoms with Crippen molar-refractivity contribution in [1.29, 1.82) is 0 Å². The number of amides is 1. The Kier molecular flexibility index (Phi) is 3.78. The van der Waals surface area contributed by atoms with Crippen molar-refractivity contribution in [2.45, 2.75) is 20.4 Å². The van der Waals surface area contributed by atoms with Gasteiger partial charge < -0.3 is 14.6 Å². The maximum Gasteiger partial charge on any atom is 0.396 e.